The minimum Gasteiger partial charge on any atom is -0.368 e. The first-order chi connectivity index (χ1) is 8.70. The number of halogens is 3. The first-order valence-corrected chi connectivity index (χ1v) is 5.42. The largest absolute Gasteiger partial charge is 0.416 e. The number of rotatable bonds is 4. The van der Waals surface area contributed by atoms with Crippen LogP contribution < -0.4 is 11.1 Å². The fraction of sp³-hybridized carbons (Fsp3) is 0.333. The molecule has 0 aliphatic rings. The van der Waals surface area contributed by atoms with Crippen LogP contribution in [0.5, 0.6) is 0 Å². The predicted octanol–water partition coefficient (Wildman–Crippen LogP) is 1.24. The average Bonchev–Trinajstić information content (AvgIpc) is 2.26. The second kappa shape index (κ2) is 5.73. The van der Waals surface area contributed by atoms with Gasteiger partial charge < -0.3 is 11.1 Å². The molecule has 4 nitrogen and oxygen atoms in total. The fourth-order valence-corrected chi connectivity index (χ4v) is 1.58. The van der Waals surface area contributed by atoms with Gasteiger partial charge in [0.15, 0.2) is 0 Å². The van der Waals surface area contributed by atoms with Crippen LogP contribution in [-0.2, 0) is 22.2 Å². The van der Waals surface area contributed by atoms with Gasteiger partial charge in [-0.3, -0.25) is 9.59 Å². The van der Waals surface area contributed by atoms with Crippen molar-refractivity contribution < 1.29 is 22.8 Å². The average molecular weight is 274 g/mol. The molecule has 0 spiro atoms. The monoisotopic (exact) mass is 274 g/mol. The van der Waals surface area contributed by atoms with Crippen LogP contribution >= 0.6 is 0 Å². The molecular formula is C12H13F3N2O2. The van der Waals surface area contributed by atoms with Crippen molar-refractivity contribution in [2.45, 2.75) is 25.6 Å². The van der Waals surface area contributed by atoms with Gasteiger partial charge in [0.2, 0.25) is 11.8 Å². The molecule has 1 rings (SSSR count). The van der Waals surface area contributed by atoms with Crippen LogP contribution in [0.25, 0.3) is 0 Å². The molecule has 0 aromatic heterocycles. The number of carbonyl (C=O) groups is 2. The Morgan fingerprint density at radius 3 is 2.47 bits per heavy atom. The number of alkyl halides is 3. The smallest absolute Gasteiger partial charge is 0.368 e. The van der Waals surface area contributed by atoms with Gasteiger partial charge in [-0.15, -0.1) is 0 Å². The number of hydrogen-bond donors (Lipinski definition) is 2. The summed E-state index contributed by atoms with van der Waals surface area (Å²) in [5.74, 6) is -1.27. The minimum atomic E-state index is -4.45. The molecule has 0 saturated carbocycles. The van der Waals surface area contributed by atoms with Gasteiger partial charge in [0.25, 0.3) is 0 Å². The lowest BCUT2D eigenvalue weighted by Crippen LogP contribution is -2.45. The summed E-state index contributed by atoms with van der Waals surface area (Å²) >= 11 is 0. The van der Waals surface area contributed by atoms with E-state index in [0.29, 0.717) is 0 Å². The van der Waals surface area contributed by atoms with E-state index in [9.17, 15) is 22.8 Å². The molecule has 3 N–H and O–H groups in total. The zero-order chi connectivity index (χ0) is 14.6. The molecule has 0 unspecified atom stereocenters. The van der Waals surface area contributed by atoms with E-state index in [0.717, 1.165) is 12.1 Å². The van der Waals surface area contributed by atoms with Gasteiger partial charge in [-0.05, 0) is 11.6 Å². The molecule has 0 aliphatic carbocycles. The highest BCUT2D eigenvalue weighted by Gasteiger charge is 2.30. The minimum absolute atomic E-state index is 0.0845. The van der Waals surface area contributed by atoms with Crippen molar-refractivity contribution in [2.75, 3.05) is 0 Å². The molecule has 1 aromatic carbocycles. The highest BCUT2D eigenvalue weighted by atomic mass is 19.4. The normalized spacial score (nSPS) is 12.8. The summed E-state index contributed by atoms with van der Waals surface area (Å²) in [6.07, 6.45) is -4.54. The molecule has 19 heavy (non-hydrogen) atoms. The standard InChI is InChI=1S/C12H13F3N2O2/c1-7(18)17-10(11(16)19)6-8-3-2-4-9(5-8)12(13,14)15/h2-5,10H,6H2,1H3,(H2,16,19)(H,17,18)/t10-/m1/s1. The second-order valence-corrected chi connectivity index (χ2v) is 4.06. The van der Waals surface area contributed by atoms with E-state index in [1.807, 2.05) is 0 Å². The predicted molar refractivity (Wildman–Crippen MR) is 61.9 cm³/mol. The van der Waals surface area contributed by atoms with Crippen molar-refractivity contribution in [1.82, 2.24) is 5.32 Å². The molecule has 0 saturated heterocycles. The highest BCUT2D eigenvalue weighted by molar-refractivity contribution is 5.85. The molecule has 104 valence electrons. The number of hydrogen-bond acceptors (Lipinski definition) is 2. The Balaban J connectivity index is 2.91. The van der Waals surface area contributed by atoms with Gasteiger partial charge in [-0.2, -0.15) is 13.2 Å². The second-order valence-electron chi connectivity index (χ2n) is 4.06. The Labute approximate surface area is 107 Å². The first kappa shape index (κ1) is 15.0. The summed E-state index contributed by atoms with van der Waals surface area (Å²) in [6.45, 7) is 1.20. The van der Waals surface area contributed by atoms with Gasteiger partial charge in [-0.25, -0.2) is 0 Å². The van der Waals surface area contributed by atoms with Crippen molar-refractivity contribution in [3.05, 3.63) is 35.4 Å². The lowest BCUT2D eigenvalue weighted by Gasteiger charge is -2.15. The maximum absolute atomic E-state index is 12.5. The zero-order valence-corrected chi connectivity index (χ0v) is 10.1. The number of benzene rings is 1. The van der Waals surface area contributed by atoms with Crippen LogP contribution in [0.2, 0.25) is 0 Å². The summed E-state index contributed by atoms with van der Waals surface area (Å²) < 4.78 is 37.5. The summed E-state index contributed by atoms with van der Waals surface area (Å²) in [5, 5.41) is 2.29. The van der Waals surface area contributed by atoms with Crippen LogP contribution in [0.1, 0.15) is 18.1 Å². The Bertz CT molecular complexity index is 486. The highest BCUT2D eigenvalue weighted by Crippen LogP contribution is 2.29. The van der Waals surface area contributed by atoms with Crippen LogP contribution in [0.15, 0.2) is 24.3 Å². The van der Waals surface area contributed by atoms with Crippen LogP contribution in [-0.4, -0.2) is 17.9 Å². The van der Waals surface area contributed by atoms with Gasteiger partial charge in [0.05, 0.1) is 5.56 Å². The van der Waals surface area contributed by atoms with Gasteiger partial charge in [0.1, 0.15) is 6.04 Å². The third-order valence-corrected chi connectivity index (χ3v) is 2.42. The molecule has 0 fully saturated rings. The quantitative estimate of drug-likeness (QED) is 0.867. The van der Waals surface area contributed by atoms with Crippen LogP contribution in [0.3, 0.4) is 0 Å². The lowest BCUT2D eigenvalue weighted by atomic mass is 10.0. The summed E-state index contributed by atoms with van der Waals surface area (Å²) in [4.78, 5) is 22.0. The maximum atomic E-state index is 12.5. The first-order valence-electron chi connectivity index (χ1n) is 5.42. The summed E-state index contributed by atoms with van der Waals surface area (Å²) in [6, 6.07) is 3.51. The number of amides is 2. The van der Waals surface area contributed by atoms with E-state index < -0.39 is 29.6 Å². The molecule has 0 bridgehead atoms. The van der Waals surface area contributed by atoms with E-state index in [4.69, 9.17) is 5.73 Å². The van der Waals surface area contributed by atoms with E-state index in [2.05, 4.69) is 5.32 Å². The van der Waals surface area contributed by atoms with Gasteiger partial charge in [-0.1, -0.05) is 18.2 Å². The zero-order valence-electron chi connectivity index (χ0n) is 10.1. The lowest BCUT2D eigenvalue weighted by molar-refractivity contribution is -0.137. The van der Waals surface area contributed by atoms with Crippen LogP contribution in [0, 0.1) is 0 Å². The fourth-order valence-electron chi connectivity index (χ4n) is 1.58. The van der Waals surface area contributed by atoms with E-state index in [1.165, 1.54) is 19.1 Å². The third-order valence-electron chi connectivity index (χ3n) is 2.42. The Morgan fingerprint density at radius 1 is 1.37 bits per heavy atom. The van der Waals surface area contributed by atoms with Crippen molar-refractivity contribution >= 4 is 11.8 Å². The van der Waals surface area contributed by atoms with Gasteiger partial charge >= 0.3 is 6.18 Å². The van der Waals surface area contributed by atoms with Crippen LogP contribution in [0.4, 0.5) is 13.2 Å². The molecule has 0 radical (unpaired) electrons. The number of nitrogens with two attached hydrogens (primary N) is 1. The molecule has 1 aromatic rings. The van der Waals surface area contributed by atoms with Crippen molar-refractivity contribution in [1.29, 1.82) is 0 Å². The van der Waals surface area contributed by atoms with E-state index in [-0.39, 0.29) is 12.0 Å². The maximum Gasteiger partial charge on any atom is 0.416 e. The van der Waals surface area contributed by atoms with E-state index >= 15 is 0 Å². The SMILES string of the molecule is CC(=O)N[C@H](Cc1cccc(C(F)(F)F)c1)C(N)=O. The summed E-state index contributed by atoms with van der Waals surface area (Å²) in [5.41, 5.74) is 4.54. The summed E-state index contributed by atoms with van der Waals surface area (Å²) in [7, 11) is 0. The van der Waals surface area contributed by atoms with Crippen molar-refractivity contribution in [3.8, 4) is 0 Å². The molecule has 1 atom stereocenters. The Morgan fingerprint density at radius 2 is 2.00 bits per heavy atom. The Hall–Kier alpha value is -2.05. The molecule has 0 aliphatic heterocycles. The molecule has 0 heterocycles. The van der Waals surface area contributed by atoms with Crippen molar-refractivity contribution in [2.24, 2.45) is 5.73 Å². The molecule has 2 amide bonds. The number of nitrogens with one attached hydrogen (secondary N) is 1. The Kier molecular flexibility index (Phi) is 4.52. The molecule has 7 heteroatoms. The van der Waals surface area contributed by atoms with Crippen molar-refractivity contribution in [3.63, 3.8) is 0 Å². The van der Waals surface area contributed by atoms with E-state index in [1.54, 1.807) is 0 Å². The third kappa shape index (κ3) is 4.61. The number of carbonyl (C=O) groups excluding carboxylic acids is 2. The number of primary amides is 1. The molecular weight excluding hydrogens is 261 g/mol. The topological polar surface area (TPSA) is 72.2 Å². The van der Waals surface area contributed by atoms with Gasteiger partial charge in [0, 0.05) is 13.3 Å².